The van der Waals surface area contributed by atoms with Crippen LogP contribution in [0, 0.1) is 11.8 Å². The van der Waals surface area contributed by atoms with E-state index in [0.29, 0.717) is 0 Å². The van der Waals surface area contributed by atoms with Gasteiger partial charge in [-0.1, -0.05) is 11.6 Å². The minimum Gasteiger partial charge on any atom is -0.508 e. The summed E-state index contributed by atoms with van der Waals surface area (Å²) in [7, 11) is 4.34. The van der Waals surface area contributed by atoms with Crippen molar-refractivity contribution in [2.45, 2.75) is 30.6 Å². The fraction of sp³-hybridized carbons (Fsp3) is 0.435. The zero-order chi connectivity index (χ0) is 25.5. The van der Waals surface area contributed by atoms with E-state index < -0.39 is 63.6 Å². The molecule has 1 aromatic carbocycles. The number of carbonyl (C=O) groups excluding carboxylic acids is 3. The Kier molecular flexibility index (Phi) is 5.37. The van der Waals surface area contributed by atoms with Crippen LogP contribution in [0.4, 0.5) is 0 Å². The molecule has 5 atom stereocenters. The average Bonchev–Trinajstić information content (AvgIpc) is 2.73. The Bertz CT molecular complexity index is 1220. The predicted octanol–water partition coefficient (Wildman–Crippen LogP) is 0.585. The van der Waals surface area contributed by atoms with Crippen molar-refractivity contribution in [1.29, 1.82) is 0 Å². The smallest absolute Gasteiger partial charge is 0.255 e. The van der Waals surface area contributed by atoms with Crippen molar-refractivity contribution in [2.24, 2.45) is 17.6 Å². The monoisotopic (exact) mass is 492 g/mol. The van der Waals surface area contributed by atoms with Gasteiger partial charge in [-0.3, -0.25) is 19.3 Å². The van der Waals surface area contributed by atoms with Crippen LogP contribution in [-0.4, -0.2) is 75.6 Å². The van der Waals surface area contributed by atoms with Gasteiger partial charge >= 0.3 is 0 Å². The Morgan fingerprint density at radius 2 is 1.85 bits per heavy atom. The first kappa shape index (κ1) is 24.2. The maximum atomic E-state index is 13.8. The molecule has 0 saturated heterocycles. The molecule has 1 aromatic rings. The molecular formula is C23H25ClN2O8. The number of rotatable bonds is 3. The summed E-state index contributed by atoms with van der Waals surface area (Å²) in [6.45, 7) is 1.41. The molecule has 11 heteroatoms. The zero-order valence-electron chi connectivity index (χ0n) is 18.9. The fourth-order valence-electron chi connectivity index (χ4n) is 5.74. The van der Waals surface area contributed by atoms with Crippen LogP contribution in [0.2, 0.25) is 5.02 Å². The highest BCUT2D eigenvalue weighted by Gasteiger charge is 2.66. The molecule has 10 nitrogen and oxygen atoms in total. The van der Waals surface area contributed by atoms with Gasteiger partial charge in [0, 0.05) is 28.0 Å². The van der Waals surface area contributed by atoms with E-state index in [9.17, 15) is 34.8 Å². The Labute approximate surface area is 199 Å². The number of nitrogens with two attached hydrogens (primary N) is 1. The topological polar surface area (TPSA) is 171 Å². The number of nitrogens with zero attached hydrogens (tertiary/aromatic N) is 1. The summed E-state index contributed by atoms with van der Waals surface area (Å²) in [5.41, 5.74) is -0.433. The first-order chi connectivity index (χ1) is 15.7. The molecule has 6 N–H and O–H groups in total. The molecule has 1 saturated carbocycles. The number of ether oxygens (including phenoxy) is 1. The van der Waals surface area contributed by atoms with E-state index in [1.807, 2.05) is 0 Å². The quantitative estimate of drug-likeness (QED) is 0.378. The van der Waals surface area contributed by atoms with Crippen LogP contribution < -0.4 is 10.5 Å². The molecule has 0 aromatic heterocycles. The standard InChI is InChI=1S/C23H25ClN2O8/c1-22(32)8-7-9-16(26(2)3)18(28)14(21(25)31)20(30)23(9,33)19(29)12(8)17(27)13-11(34-4)6-5-10(24)15(13)22/h5-6,8-9,16,27,30,32-33H,7H2,1-4H3,(H2,25,31)/t8-,9-,16-,22-,23-/m0/s1. The zero-order valence-corrected chi connectivity index (χ0v) is 19.7. The lowest BCUT2D eigenvalue weighted by Gasteiger charge is -2.53. The normalized spacial score (nSPS) is 33.0. The Balaban J connectivity index is 2.08. The molecule has 0 bridgehead atoms. The number of ketones is 2. The number of benzene rings is 1. The number of methoxy groups -OCH3 is 1. The van der Waals surface area contributed by atoms with E-state index in [0.717, 1.165) is 0 Å². The molecule has 1 amide bonds. The summed E-state index contributed by atoms with van der Waals surface area (Å²) in [6, 6.07) is 1.70. The van der Waals surface area contributed by atoms with Gasteiger partial charge in [-0.2, -0.15) is 0 Å². The number of fused-ring (bicyclic) bond motifs is 3. The number of amides is 1. The lowest BCUT2D eigenvalue weighted by molar-refractivity contribution is -0.159. The van der Waals surface area contributed by atoms with Gasteiger partial charge in [0.25, 0.3) is 5.91 Å². The third-order valence-electron chi connectivity index (χ3n) is 7.28. The second kappa shape index (κ2) is 7.54. The van der Waals surface area contributed by atoms with Crippen molar-refractivity contribution in [2.75, 3.05) is 21.2 Å². The lowest BCUT2D eigenvalue weighted by atomic mass is 9.54. The summed E-state index contributed by atoms with van der Waals surface area (Å²) in [6.07, 6.45) is -0.216. The predicted molar refractivity (Wildman–Crippen MR) is 120 cm³/mol. The van der Waals surface area contributed by atoms with Crippen molar-refractivity contribution in [3.63, 3.8) is 0 Å². The minimum atomic E-state index is -2.74. The number of hydrogen-bond donors (Lipinski definition) is 5. The first-order valence-corrected chi connectivity index (χ1v) is 10.8. The van der Waals surface area contributed by atoms with E-state index >= 15 is 0 Å². The summed E-state index contributed by atoms with van der Waals surface area (Å²) >= 11 is 6.39. The van der Waals surface area contributed by atoms with E-state index in [-0.39, 0.29) is 33.9 Å². The van der Waals surface area contributed by atoms with Crippen molar-refractivity contribution < 1.29 is 39.5 Å². The summed E-state index contributed by atoms with van der Waals surface area (Å²) in [4.78, 5) is 40.3. The summed E-state index contributed by atoms with van der Waals surface area (Å²) in [5.74, 6) is -7.34. The Morgan fingerprint density at radius 1 is 1.24 bits per heavy atom. The lowest BCUT2D eigenvalue weighted by Crippen LogP contribution is -2.67. The van der Waals surface area contributed by atoms with E-state index in [1.54, 1.807) is 0 Å². The molecule has 1 fully saturated rings. The third-order valence-corrected chi connectivity index (χ3v) is 7.59. The summed E-state index contributed by atoms with van der Waals surface area (Å²) < 4.78 is 5.30. The molecule has 0 heterocycles. The van der Waals surface area contributed by atoms with Crippen LogP contribution in [0.1, 0.15) is 24.5 Å². The van der Waals surface area contributed by atoms with Crippen LogP contribution in [0.25, 0.3) is 5.76 Å². The number of carbonyl (C=O) groups is 3. The number of aliphatic hydroxyl groups is 4. The van der Waals surface area contributed by atoms with E-state index in [2.05, 4.69) is 0 Å². The SMILES string of the molecule is COc1ccc(Cl)c2c1C(O)=C1C(=O)[C@]3(O)C(O)=C(C(N)=O)C(=O)[C@@H](N(C)C)[C@@H]3C[C@@H]1[C@]2(C)O. The van der Waals surface area contributed by atoms with Gasteiger partial charge in [-0.05, 0) is 39.6 Å². The van der Waals surface area contributed by atoms with Crippen LogP contribution in [-0.2, 0) is 20.0 Å². The van der Waals surface area contributed by atoms with Gasteiger partial charge in [0.2, 0.25) is 5.78 Å². The third kappa shape index (κ3) is 2.83. The van der Waals surface area contributed by atoms with Crippen molar-refractivity contribution >= 4 is 34.8 Å². The number of hydrogen-bond acceptors (Lipinski definition) is 9. The molecule has 0 unspecified atom stereocenters. The van der Waals surface area contributed by atoms with Gasteiger partial charge in [-0.25, -0.2) is 0 Å². The van der Waals surface area contributed by atoms with Crippen LogP contribution in [0.5, 0.6) is 5.75 Å². The van der Waals surface area contributed by atoms with Crippen LogP contribution >= 0.6 is 11.6 Å². The highest BCUT2D eigenvalue weighted by molar-refractivity contribution is 6.32. The molecule has 0 spiro atoms. The Morgan fingerprint density at radius 3 is 2.38 bits per heavy atom. The fourth-order valence-corrected chi connectivity index (χ4v) is 6.08. The molecule has 3 aliphatic carbocycles. The van der Waals surface area contributed by atoms with Crippen LogP contribution in [0.15, 0.2) is 29.0 Å². The molecule has 0 aliphatic heterocycles. The molecule has 3 aliphatic rings. The molecular weight excluding hydrogens is 468 g/mol. The first-order valence-electron chi connectivity index (χ1n) is 10.5. The van der Waals surface area contributed by atoms with E-state index in [4.69, 9.17) is 22.1 Å². The maximum Gasteiger partial charge on any atom is 0.255 e. The maximum absolute atomic E-state index is 13.8. The number of primary amides is 1. The number of aliphatic hydroxyl groups excluding tert-OH is 2. The largest absolute Gasteiger partial charge is 0.508 e. The van der Waals surface area contributed by atoms with Gasteiger partial charge in [0.15, 0.2) is 11.4 Å². The van der Waals surface area contributed by atoms with E-state index in [1.165, 1.54) is 45.2 Å². The second-order valence-electron chi connectivity index (χ2n) is 9.26. The molecule has 4 rings (SSSR count). The molecule has 34 heavy (non-hydrogen) atoms. The van der Waals surface area contributed by atoms with Gasteiger partial charge < -0.3 is 30.9 Å². The number of likely N-dealkylation sites (N-methyl/N-ethyl adjacent to an activating group) is 1. The van der Waals surface area contributed by atoms with Crippen molar-refractivity contribution in [3.8, 4) is 5.75 Å². The van der Waals surface area contributed by atoms with Crippen molar-refractivity contribution in [1.82, 2.24) is 4.90 Å². The summed E-state index contributed by atoms with van der Waals surface area (Å²) in [5, 5.41) is 45.4. The van der Waals surface area contributed by atoms with Crippen LogP contribution in [0.3, 0.4) is 0 Å². The number of halogens is 1. The Hall–Kier alpha value is -2.92. The van der Waals surface area contributed by atoms with Crippen molar-refractivity contribution in [3.05, 3.63) is 45.2 Å². The average molecular weight is 493 g/mol. The van der Waals surface area contributed by atoms with Gasteiger partial charge in [0.1, 0.15) is 22.8 Å². The highest BCUT2D eigenvalue weighted by atomic mass is 35.5. The second-order valence-corrected chi connectivity index (χ2v) is 9.67. The van der Waals surface area contributed by atoms with Gasteiger partial charge in [0.05, 0.1) is 24.3 Å². The number of Topliss-reactive ketones (excluding diaryl/α,β-unsaturated/α-hetero) is 2. The highest BCUT2D eigenvalue weighted by Crippen LogP contribution is 2.58. The minimum absolute atomic E-state index is 0.0312. The molecule has 182 valence electrons. The molecule has 0 radical (unpaired) electrons. The van der Waals surface area contributed by atoms with Gasteiger partial charge in [-0.15, -0.1) is 0 Å².